The Kier molecular flexibility index (Phi) is 4.74. The highest BCUT2D eigenvalue weighted by atomic mass is 32.2. The van der Waals surface area contributed by atoms with Gasteiger partial charge in [-0.3, -0.25) is 0 Å². The van der Waals surface area contributed by atoms with Crippen molar-refractivity contribution in [3.8, 4) is 0 Å². The Morgan fingerprint density at radius 1 is 1.00 bits per heavy atom. The van der Waals surface area contributed by atoms with Crippen LogP contribution in [0, 0.1) is 5.82 Å². The fourth-order valence-corrected chi connectivity index (χ4v) is 6.94. The molecule has 4 rings (SSSR count). The van der Waals surface area contributed by atoms with Crippen LogP contribution in [0.15, 0.2) is 47.4 Å². The van der Waals surface area contributed by atoms with Crippen molar-refractivity contribution in [1.29, 1.82) is 0 Å². The molecule has 1 fully saturated rings. The van der Waals surface area contributed by atoms with E-state index in [1.54, 1.807) is 0 Å². The predicted molar refractivity (Wildman–Crippen MR) is 96.4 cm³/mol. The lowest BCUT2D eigenvalue weighted by Gasteiger charge is -2.40. The van der Waals surface area contributed by atoms with E-state index in [0.717, 1.165) is 36.4 Å². The number of aryl methyl sites for hydroxylation is 1. The van der Waals surface area contributed by atoms with Gasteiger partial charge in [0.25, 0.3) is 0 Å². The van der Waals surface area contributed by atoms with Crippen LogP contribution in [0.25, 0.3) is 0 Å². The average Bonchev–Trinajstić information content (AvgIpc) is 3.13. The highest BCUT2D eigenvalue weighted by Gasteiger charge is 2.60. The molecule has 10 heteroatoms. The average molecular weight is 449 g/mol. The van der Waals surface area contributed by atoms with Crippen molar-refractivity contribution in [2.75, 3.05) is 6.54 Å². The van der Waals surface area contributed by atoms with Gasteiger partial charge in [-0.1, -0.05) is 12.1 Å². The zero-order chi connectivity index (χ0) is 21.9. The summed E-state index contributed by atoms with van der Waals surface area (Å²) < 4.78 is 105. The Bertz CT molecular complexity index is 1080. The molecule has 0 spiro atoms. The maximum absolute atomic E-state index is 13.8. The molecule has 1 aliphatic carbocycles. The molecule has 2 aromatic rings. The minimum Gasteiger partial charge on any atom is -0.312 e. The summed E-state index contributed by atoms with van der Waals surface area (Å²) >= 11 is 0. The number of alkyl halides is 5. The Hall–Kier alpha value is -2.07. The third-order valence-electron chi connectivity index (χ3n) is 6.04. The van der Waals surface area contributed by atoms with Crippen LogP contribution in [0.3, 0.4) is 0 Å². The smallest absolute Gasteiger partial charge is 0.312 e. The van der Waals surface area contributed by atoms with Gasteiger partial charge >= 0.3 is 12.1 Å². The summed E-state index contributed by atoms with van der Waals surface area (Å²) in [6, 6.07) is 6.24. The maximum Gasteiger partial charge on any atom is 0.458 e. The molecule has 2 unspecified atom stereocenters. The van der Waals surface area contributed by atoms with Crippen LogP contribution in [-0.2, 0) is 26.9 Å². The van der Waals surface area contributed by atoms with E-state index in [0.29, 0.717) is 12.6 Å². The van der Waals surface area contributed by atoms with Gasteiger partial charge in [-0.15, -0.1) is 0 Å². The standard InChI is InChI=1S/C20H17F6NO2S/c21-14-3-5-15(6-4-14)30(28,29)18-9-10-27-17(18)8-1-12-11-13(2-7-16(12)18)19(22,23)20(24,25)26/h2-7,11,17,27H,1,8-10H2. The summed E-state index contributed by atoms with van der Waals surface area (Å²) in [6.07, 6.45) is -5.21. The third-order valence-corrected chi connectivity index (χ3v) is 8.60. The summed E-state index contributed by atoms with van der Waals surface area (Å²) in [4.78, 5) is -0.129. The second-order valence-electron chi connectivity index (χ2n) is 7.59. The highest BCUT2D eigenvalue weighted by molar-refractivity contribution is 7.92. The molecular formula is C20H17F6NO2S. The van der Waals surface area contributed by atoms with Crippen molar-refractivity contribution in [3.63, 3.8) is 0 Å². The molecule has 1 saturated heterocycles. The maximum atomic E-state index is 13.8. The highest BCUT2D eigenvalue weighted by Crippen LogP contribution is 2.51. The van der Waals surface area contributed by atoms with Crippen LogP contribution in [0.4, 0.5) is 26.3 Å². The number of nitrogens with one attached hydrogen (secondary N) is 1. The SMILES string of the molecule is O=S(=O)(c1ccc(F)cc1)C12CCNC1CCc1cc(C(F)(F)C(F)(F)F)ccc12. The third kappa shape index (κ3) is 2.87. The van der Waals surface area contributed by atoms with E-state index in [-0.39, 0.29) is 35.3 Å². The van der Waals surface area contributed by atoms with Gasteiger partial charge < -0.3 is 5.32 Å². The monoisotopic (exact) mass is 449 g/mol. The van der Waals surface area contributed by atoms with E-state index in [1.807, 2.05) is 0 Å². The van der Waals surface area contributed by atoms with E-state index in [9.17, 15) is 34.8 Å². The van der Waals surface area contributed by atoms with Crippen molar-refractivity contribution in [2.24, 2.45) is 0 Å². The molecule has 1 heterocycles. The molecule has 0 aromatic heterocycles. The molecule has 2 aromatic carbocycles. The van der Waals surface area contributed by atoms with Crippen molar-refractivity contribution >= 4 is 9.84 Å². The topological polar surface area (TPSA) is 46.2 Å². The van der Waals surface area contributed by atoms with Crippen LogP contribution in [0.1, 0.15) is 29.5 Å². The van der Waals surface area contributed by atoms with Gasteiger partial charge in [0.05, 0.1) is 4.90 Å². The largest absolute Gasteiger partial charge is 0.458 e. The molecule has 0 radical (unpaired) electrons. The van der Waals surface area contributed by atoms with Gasteiger partial charge in [0.1, 0.15) is 10.6 Å². The molecule has 2 aliphatic rings. The zero-order valence-corrected chi connectivity index (χ0v) is 16.3. The fraction of sp³-hybridized carbons (Fsp3) is 0.400. The zero-order valence-electron chi connectivity index (χ0n) is 15.4. The fourth-order valence-electron chi connectivity index (χ4n) is 4.59. The molecule has 1 N–H and O–H groups in total. The lowest BCUT2D eigenvalue weighted by Crippen LogP contribution is -2.49. The molecule has 0 amide bonds. The first-order valence-electron chi connectivity index (χ1n) is 9.23. The quantitative estimate of drug-likeness (QED) is 0.556. The summed E-state index contributed by atoms with van der Waals surface area (Å²) in [5.41, 5.74) is -0.843. The van der Waals surface area contributed by atoms with E-state index in [2.05, 4.69) is 5.32 Å². The Morgan fingerprint density at radius 2 is 1.67 bits per heavy atom. The van der Waals surface area contributed by atoms with Crippen molar-refractivity contribution in [1.82, 2.24) is 5.32 Å². The summed E-state index contributed by atoms with van der Waals surface area (Å²) in [5.74, 6) is -5.66. The van der Waals surface area contributed by atoms with Crippen LogP contribution >= 0.6 is 0 Å². The van der Waals surface area contributed by atoms with Crippen LogP contribution in [0.5, 0.6) is 0 Å². The lowest BCUT2D eigenvalue weighted by molar-refractivity contribution is -0.289. The summed E-state index contributed by atoms with van der Waals surface area (Å²) in [5, 5.41) is 3.12. The second kappa shape index (κ2) is 6.71. The van der Waals surface area contributed by atoms with Crippen LogP contribution < -0.4 is 5.32 Å². The van der Waals surface area contributed by atoms with Crippen LogP contribution in [-0.4, -0.2) is 27.2 Å². The molecule has 2 atom stereocenters. The number of benzene rings is 2. The van der Waals surface area contributed by atoms with Gasteiger partial charge in [-0.2, -0.15) is 22.0 Å². The number of halogens is 6. The first-order valence-corrected chi connectivity index (χ1v) is 10.7. The first kappa shape index (κ1) is 21.2. The minimum atomic E-state index is -5.76. The molecule has 1 aliphatic heterocycles. The number of hydrogen-bond acceptors (Lipinski definition) is 3. The molecule has 0 saturated carbocycles. The molecule has 162 valence electrons. The van der Waals surface area contributed by atoms with Crippen LogP contribution in [0.2, 0.25) is 0 Å². The van der Waals surface area contributed by atoms with E-state index < -0.39 is 44.1 Å². The molecule has 3 nitrogen and oxygen atoms in total. The molecular weight excluding hydrogens is 432 g/mol. The van der Waals surface area contributed by atoms with Gasteiger partial charge in [0.2, 0.25) is 0 Å². The van der Waals surface area contributed by atoms with Gasteiger partial charge in [0, 0.05) is 11.6 Å². The van der Waals surface area contributed by atoms with E-state index in [4.69, 9.17) is 0 Å². The normalized spacial score (nSPS) is 24.4. The molecule has 30 heavy (non-hydrogen) atoms. The number of rotatable bonds is 3. The Balaban J connectivity index is 1.89. The molecule has 0 bridgehead atoms. The minimum absolute atomic E-state index is 0.124. The summed E-state index contributed by atoms with van der Waals surface area (Å²) in [7, 11) is -4.11. The van der Waals surface area contributed by atoms with Crippen molar-refractivity contribution < 1.29 is 34.8 Å². The van der Waals surface area contributed by atoms with Gasteiger partial charge in [-0.05, 0) is 67.3 Å². The summed E-state index contributed by atoms with van der Waals surface area (Å²) in [6.45, 7) is 0.338. The lowest BCUT2D eigenvalue weighted by atomic mass is 9.78. The van der Waals surface area contributed by atoms with Gasteiger partial charge in [0.15, 0.2) is 9.84 Å². The van der Waals surface area contributed by atoms with Crippen molar-refractivity contribution in [2.45, 2.75) is 47.0 Å². The number of sulfone groups is 1. The second-order valence-corrected chi connectivity index (χ2v) is 9.79. The van der Waals surface area contributed by atoms with Crippen molar-refractivity contribution in [3.05, 3.63) is 65.0 Å². The number of fused-ring (bicyclic) bond motifs is 3. The van der Waals surface area contributed by atoms with E-state index >= 15 is 0 Å². The number of hydrogen-bond donors (Lipinski definition) is 1. The van der Waals surface area contributed by atoms with Gasteiger partial charge in [-0.25, -0.2) is 12.8 Å². The Morgan fingerprint density at radius 3 is 2.30 bits per heavy atom. The Labute approximate surface area is 169 Å². The first-order chi connectivity index (χ1) is 13.9. The predicted octanol–water partition coefficient (Wildman–Crippen LogP) is 4.46. The van der Waals surface area contributed by atoms with E-state index in [1.165, 1.54) is 0 Å².